The van der Waals surface area contributed by atoms with Crippen molar-refractivity contribution in [1.82, 2.24) is 15.1 Å². The molecule has 0 aliphatic carbocycles. The summed E-state index contributed by atoms with van der Waals surface area (Å²) in [7, 11) is 0. The SMILES string of the molecule is Cc1cc2n(n1)CCC(=O)N2[C@H](C)C(=O)NCc1ccccc1Cl. The van der Waals surface area contributed by atoms with Gasteiger partial charge in [-0.3, -0.25) is 14.5 Å². The highest BCUT2D eigenvalue weighted by Gasteiger charge is 2.32. The summed E-state index contributed by atoms with van der Waals surface area (Å²) < 4.78 is 1.77. The molecule has 1 aromatic heterocycles. The molecular formula is C17H19ClN4O2. The molecule has 0 bridgehead atoms. The number of benzene rings is 1. The van der Waals surface area contributed by atoms with Gasteiger partial charge in [-0.15, -0.1) is 0 Å². The maximum atomic E-state index is 12.5. The van der Waals surface area contributed by atoms with Crippen molar-refractivity contribution in [3.8, 4) is 0 Å². The Balaban J connectivity index is 1.73. The third-order valence-corrected chi connectivity index (χ3v) is 4.48. The molecule has 3 rings (SSSR count). The number of amides is 2. The molecule has 1 aliphatic rings. The topological polar surface area (TPSA) is 67.2 Å². The number of carbonyl (C=O) groups excluding carboxylic acids is 2. The molecule has 1 aromatic carbocycles. The number of carbonyl (C=O) groups is 2. The van der Waals surface area contributed by atoms with E-state index in [4.69, 9.17) is 11.6 Å². The number of fused-ring (bicyclic) bond motifs is 1. The summed E-state index contributed by atoms with van der Waals surface area (Å²) in [5, 5.41) is 7.81. The normalized spacial score (nSPS) is 15.1. The summed E-state index contributed by atoms with van der Waals surface area (Å²) in [6.07, 6.45) is 0.344. The van der Waals surface area contributed by atoms with Crippen molar-refractivity contribution in [3.63, 3.8) is 0 Å². The van der Waals surface area contributed by atoms with E-state index >= 15 is 0 Å². The van der Waals surface area contributed by atoms with Gasteiger partial charge in [0.1, 0.15) is 11.9 Å². The number of nitrogens with zero attached hydrogens (tertiary/aromatic N) is 3. The molecule has 6 nitrogen and oxygen atoms in total. The van der Waals surface area contributed by atoms with Gasteiger partial charge in [0.25, 0.3) is 0 Å². The van der Waals surface area contributed by atoms with E-state index in [0.717, 1.165) is 11.3 Å². The van der Waals surface area contributed by atoms with Crippen LogP contribution in [0.2, 0.25) is 5.02 Å². The summed E-state index contributed by atoms with van der Waals surface area (Å²) in [5.41, 5.74) is 1.67. The molecule has 0 spiro atoms. The highest BCUT2D eigenvalue weighted by atomic mass is 35.5. The van der Waals surface area contributed by atoms with Gasteiger partial charge in [0.15, 0.2) is 0 Å². The number of hydrogen-bond acceptors (Lipinski definition) is 3. The minimum atomic E-state index is -0.616. The fraction of sp³-hybridized carbons (Fsp3) is 0.353. The van der Waals surface area contributed by atoms with E-state index in [1.165, 1.54) is 4.90 Å². The van der Waals surface area contributed by atoms with Gasteiger partial charge in [-0.05, 0) is 25.5 Å². The predicted octanol–water partition coefficient (Wildman–Crippen LogP) is 2.29. The van der Waals surface area contributed by atoms with Crippen LogP contribution in [0, 0.1) is 6.92 Å². The molecule has 2 aromatic rings. The third kappa shape index (κ3) is 3.14. The van der Waals surface area contributed by atoms with E-state index in [1.54, 1.807) is 17.7 Å². The first-order valence-electron chi connectivity index (χ1n) is 7.85. The molecule has 2 heterocycles. The predicted molar refractivity (Wildman–Crippen MR) is 91.8 cm³/mol. The summed E-state index contributed by atoms with van der Waals surface area (Å²) in [6.45, 7) is 4.46. The van der Waals surface area contributed by atoms with Crippen LogP contribution in [0.1, 0.15) is 24.6 Å². The second-order valence-corrected chi connectivity index (χ2v) is 6.27. The molecule has 1 atom stereocenters. The van der Waals surface area contributed by atoms with Gasteiger partial charge in [-0.1, -0.05) is 29.8 Å². The quantitative estimate of drug-likeness (QED) is 0.923. The number of halogens is 1. The fourth-order valence-electron chi connectivity index (χ4n) is 2.84. The smallest absolute Gasteiger partial charge is 0.243 e. The number of aryl methyl sites for hydroxylation is 2. The van der Waals surface area contributed by atoms with Gasteiger partial charge in [-0.2, -0.15) is 5.10 Å². The zero-order valence-corrected chi connectivity index (χ0v) is 14.4. The van der Waals surface area contributed by atoms with Crippen molar-refractivity contribution in [2.24, 2.45) is 0 Å². The Kier molecular flexibility index (Phi) is 4.57. The lowest BCUT2D eigenvalue weighted by Gasteiger charge is -2.31. The highest BCUT2D eigenvalue weighted by molar-refractivity contribution is 6.31. The van der Waals surface area contributed by atoms with Crippen molar-refractivity contribution >= 4 is 29.2 Å². The van der Waals surface area contributed by atoms with Crippen LogP contribution in [0.15, 0.2) is 30.3 Å². The van der Waals surface area contributed by atoms with E-state index < -0.39 is 6.04 Å². The number of anilines is 1. The first-order valence-corrected chi connectivity index (χ1v) is 8.23. The molecule has 126 valence electrons. The van der Waals surface area contributed by atoms with Gasteiger partial charge in [0, 0.05) is 24.1 Å². The summed E-state index contributed by atoms with van der Waals surface area (Å²) in [4.78, 5) is 26.4. The Morgan fingerprint density at radius 2 is 2.17 bits per heavy atom. The molecule has 24 heavy (non-hydrogen) atoms. The average Bonchev–Trinajstić information content (AvgIpc) is 2.93. The molecule has 2 amide bonds. The van der Waals surface area contributed by atoms with E-state index in [2.05, 4.69) is 10.4 Å². The minimum Gasteiger partial charge on any atom is -0.350 e. The van der Waals surface area contributed by atoms with E-state index in [1.807, 2.05) is 31.2 Å². The third-order valence-electron chi connectivity index (χ3n) is 4.11. The van der Waals surface area contributed by atoms with Crippen LogP contribution in [0.5, 0.6) is 0 Å². The van der Waals surface area contributed by atoms with E-state index in [-0.39, 0.29) is 11.8 Å². The Morgan fingerprint density at radius 1 is 1.42 bits per heavy atom. The lowest BCUT2D eigenvalue weighted by Crippen LogP contribution is -2.50. The Bertz CT molecular complexity index is 787. The van der Waals surface area contributed by atoms with E-state index in [9.17, 15) is 9.59 Å². The highest BCUT2D eigenvalue weighted by Crippen LogP contribution is 2.25. The molecule has 0 saturated carbocycles. The number of aromatic nitrogens is 2. The second kappa shape index (κ2) is 6.65. The molecule has 0 saturated heterocycles. The summed E-state index contributed by atoms with van der Waals surface area (Å²) in [6, 6.07) is 8.56. The van der Waals surface area contributed by atoms with Crippen LogP contribution in [0.25, 0.3) is 0 Å². The zero-order valence-electron chi connectivity index (χ0n) is 13.6. The van der Waals surface area contributed by atoms with Crippen LogP contribution in [-0.4, -0.2) is 27.6 Å². The Hall–Kier alpha value is -2.34. The van der Waals surface area contributed by atoms with Gasteiger partial charge in [-0.25, -0.2) is 4.68 Å². The van der Waals surface area contributed by atoms with Crippen LogP contribution in [0.4, 0.5) is 5.82 Å². The van der Waals surface area contributed by atoms with Crippen LogP contribution < -0.4 is 10.2 Å². The van der Waals surface area contributed by atoms with Crippen molar-refractivity contribution in [2.45, 2.75) is 39.4 Å². The number of rotatable bonds is 4. The largest absolute Gasteiger partial charge is 0.350 e. The number of hydrogen-bond donors (Lipinski definition) is 1. The minimum absolute atomic E-state index is 0.0669. The first-order chi connectivity index (χ1) is 11.5. The zero-order chi connectivity index (χ0) is 17.3. The molecule has 0 unspecified atom stereocenters. The maximum Gasteiger partial charge on any atom is 0.243 e. The first kappa shape index (κ1) is 16.5. The Labute approximate surface area is 145 Å². The molecule has 0 radical (unpaired) electrons. The van der Waals surface area contributed by atoms with Crippen LogP contribution in [0.3, 0.4) is 0 Å². The van der Waals surface area contributed by atoms with Crippen molar-refractivity contribution < 1.29 is 9.59 Å². The molecule has 7 heteroatoms. The standard InChI is InChI=1S/C17H19ClN4O2/c1-11-9-15-21(20-11)8-7-16(23)22(15)12(2)17(24)19-10-13-5-3-4-6-14(13)18/h3-6,9,12H,7-8,10H2,1-2H3,(H,19,24)/t12-/m1/s1. The molecular weight excluding hydrogens is 328 g/mol. The molecule has 1 aliphatic heterocycles. The molecule has 0 fully saturated rings. The summed E-state index contributed by atoms with van der Waals surface area (Å²) >= 11 is 6.10. The van der Waals surface area contributed by atoms with Gasteiger partial charge < -0.3 is 5.32 Å². The average molecular weight is 347 g/mol. The fourth-order valence-corrected chi connectivity index (χ4v) is 3.05. The van der Waals surface area contributed by atoms with Gasteiger partial charge in [0.05, 0.1) is 12.2 Å². The lowest BCUT2D eigenvalue weighted by molar-refractivity contribution is -0.126. The second-order valence-electron chi connectivity index (χ2n) is 5.87. The van der Waals surface area contributed by atoms with E-state index in [0.29, 0.717) is 30.4 Å². The van der Waals surface area contributed by atoms with Crippen molar-refractivity contribution in [2.75, 3.05) is 4.90 Å². The number of nitrogens with one attached hydrogen (secondary N) is 1. The van der Waals surface area contributed by atoms with Crippen LogP contribution in [-0.2, 0) is 22.7 Å². The van der Waals surface area contributed by atoms with Crippen molar-refractivity contribution in [3.05, 3.63) is 46.6 Å². The Morgan fingerprint density at radius 3 is 2.92 bits per heavy atom. The maximum absolute atomic E-state index is 12.5. The monoisotopic (exact) mass is 346 g/mol. The van der Waals surface area contributed by atoms with Crippen LogP contribution >= 0.6 is 11.6 Å². The van der Waals surface area contributed by atoms with Gasteiger partial charge in [0.2, 0.25) is 11.8 Å². The lowest BCUT2D eigenvalue weighted by atomic mass is 10.2. The molecule has 1 N–H and O–H groups in total. The van der Waals surface area contributed by atoms with Crippen molar-refractivity contribution in [1.29, 1.82) is 0 Å². The van der Waals surface area contributed by atoms with Gasteiger partial charge >= 0.3 is 0 Å². The summed E-state index contributed by atoms with van der Waals surface area (Å²) in [5.74, 6) is 0.377.